The van der Waals surface area contributed by atoms with Crippen molar-refractivity contribution in [2.75, 3.05) is 51.2 Å². The van der Waals surface area contributed by atoms with Gasteiger partial charge in [0.15, 0.2) is 0 Å². The molecule has 1 aromatic rings. The Balaban J connectivity index is 1.45. The second-order valence-corrected chi connectivity index (χ2v) is 8.49. The first-order chi connectivity index (χ1) is 14.4. The van der Waals surface area contributed by atoms with E-state index in [4.69, 9.17) is 9.47 Å². The van der Waals surface area contributed by atoms with Gasteiger partial charge in [-0.15, -0.1) is 0 Å². The monoisotopic (exact) mass is 421 g/mol. The lowest BCUT2D eigenvalue weighted by molar-refractivity contribution is -0.117. The zero-order valence-corrected chi connectivity index (χ0v) is 18.6. The molecule has 2 unspecified atom stereocenters. The van der Waals surface area contributed by atoms with E-state index >= 15 is 0 Å². The maximum absolute atomic E-state index is 12.6. The molecule has 168 valence electrons. The van der Waals surface area contributed by atoms with Gasteiger partial charge in [-0.25, -0.2) is 4.79 Å². The highest BCUT2D eigenvalue weighted by Gasteiger charge is 2.27. The summed E-state index contributed by atoms with van der Waals surface area (Å²) in [5.41, 5.74) is 0.278. The van der Waals surface area contributed by atoms with E-state index in [1.54, 1.807) is 14.0 Å². The lowest BCUT2D eigenvalue weighted by Crippen LogP contribution is -2.48. The first-order valence-corrected chi connectivity index (χ1v) is 10.9. The zero-order valence-electron chi connectivity index (χ0n) is 18.6. The second kappa shape index (κ2) is 10.4. The van der Waals surface area contributed by atoms with Crippen molar-refractivity contribution < 1.29 is 19.1 Å². The molecule has 3 heterocycles. The Labute approximate surface area is 178 Å². The number of hydrogen-bond donors (Lipinski definition) is 1. The van der Waals surface area contributed by atoms with Crippen LogP contribution in [-0.4, -0.2) is 89.5 Å². The van der Waals surface area contributed by atoms with Gasteiger partial charge < -0.3 is 14.8 Å². The Morgan fingerprint density at radius 1 is 1.20 bits per heavy atom. The summed E-state index contributed by atoms with van der Waals surface area (Å²) in [5, 5.41) is 6.90. The number of amides is 1. The molecule has 1 N–H and O–H groups in total. The third-order valence-electron chi connectivity index (χ3n) is 5.78. The summed E-state index contributed by atoms with van der Waals surface area (Å²) >= 11 is 0. The lowest BCUT2D eigenvalue weighted by Gasteiger charge is -2.39. The number of anilines is 1. The van der Waals surface area contributed by atoms with Crippen molar-refractivity contribution in [1.82, 2.24) is 19.6 Å². The number of aryl methyl sites for hydroxylation is 1. The van der Waals surface area contributed by atoms with Gasteiger partial charge in [0, 0.05) is 26.7 Å². The van der Waals surface area contributed by atoms with E-state index in [9.17, 15) is 9.59 Å². The van der Waals surface area contributed by atoms with E-state index in [0.29, 0.717) is 30.5 Å². The van der Waals surface area contributed by atoms with Crippen LogP contribution < -0.4 is 5.32 Å². The molecule has 30 heavy (non-hydrogen) atoms. The number of ether oxygens (including phenoxy) is 2. The normalized spacial score (nSPS) is 24.0. The maximum atomic E-state index is 12.6. The van der Waals surface area contributed by atoms with Gasteiger partial charge in [-0.1, -0.05) is 0 Å². The molecule has 0 spiro atoms. The Hall–Kier alpha value is -1.97. The quantitative estimate of drug-likeness (QED) is 0.665. The predicted octanol–water partition coefficient (Wildman–Crippen LogP) is 1.36. The Morgan fingerprint density at radius 2 is 1.87 bits per heavy atom. The van der Waals surface area contributed by atoms with Crippen LogP contribution >= 0.6 is 0 Å². The van der Waals surface area contributed by atoms with Crippen LogP contribution in [0.25, 0.3) is 0 Å². The smallest absolute Gasteiger partial charge is 0.343 e. The summed E-state index contributed by atoms with van der Waals surface area (Å²) < 4.78 is 12.3. The predicted molar refractivity (Wildman–Crippen MR) is 113 cm³/mol. The number of esters is 1. The molecule has 0 aliphatic carbocycles. The summed E-state index contributed by atoms with van der Waals surface area (Å²) in [4.78, 5) is 29.3. The van der Waals surface area contributed by atoms with Gasteiger partial charge >= 0.3 is 5.97 Å². The molecule has 9 nitrogen and oxygen atoms in total. The van der Waals surface area contributed by atoms with Crippen molar-refractivity contribution in [2.45, 2.75) is 45.8 Å². The van der Waals surface area contributed by atoms with Crippen molar-refractivity contribution in [2.24, 2.45) is 13.0 Å². The first-order valence-electron chi connectivity index (χ1n) is 10.9. The van der Waals surface area contributed by atoms with E-state index < -0.39 is 5.97 Å². The van der Waals surface area contributed by atoms with Gasteiger partial charge in [0.25, 0.3) is 0 Å². The summed E-state index contributed by atoms with van der Waals surface area (Å²) in [6.07, 6.45) is 4.19. The molecule has 0 radical (unpaired) electrons. The van der Waals surface area contributed by atoms with Crippen LogP contribution in [0.3, 0.4) is 0 Å². The Bertz CT molecular complexity index is 719. The molecule has 0 saturated carbocycles. The van der Waals surface area contributed by atoms with Gasteiger partial charge in [-0.2, -0.15) is 5.10 Å². The molecule has 2 aliphatic rings. The van der Waals surface area contributed by atoms with Crippen LogP contribution in [0.2, 0.25) is 0 Å². The van der Waals surface area contributed by atoms with E-state index in [1.807, 2.05) is 0 Å². The molecule has 3 rings (SSSR count). The molecule has 0 aromatic carbocycles. The van der Waals surface area contributed by atoms with Crippen LogP contribution in [0, 0.1) is 5.92 Å². The number of hydrogen-bond acceptors (Lipinski definition) is 7. The maximum Gasteiger partial charge on any atom is 0.343 e. The summed E-state index contributed by atoms with van der Waals surface area (Å²) in [6.45, 7) is 11.5. The number of nitrogens with zero attached hydrogens (tertiary/aromatic N) is 4. The summed E-state index contributed by atoms with van der Waals surface area (Å²) in [7, 11) is 1.69. The van der Waals surface area contributed by atoms with Crippen molar-refractivity contribution >= 4 is 17.7 Å². The third kappa shape index (κ3) is 6.02. The fourth-order valence-electron chi connectivity index (χ4n) is 4.44. The Kier molecular flexibility index (Phi) is 7.85. The van der Waals surface area contributed by atoms with E-state index in [1.165, 1.54) is 10.9 Å². The summed E-state index contributed by atoms with van der Waals surface area (Å²) in [6, 6.07) is 0. The number of piperidine rings is 1. The number of carbonyl (C=O) groups excluding carboxylic acids is 2. The molecule has 2 atom stereocenters. The second-order valence-electron chi connectivity index (χ2n) is 8.49. The number of nitrogens with one attached hydrogen (secondary N) is 1. The minimum absolute atomic E-state index is 0.140. The van der Waals surface area contributed by atoms with Gasteiger partial charge in [0.05, 0.1) is 31.6 Å². The average Bonchev–Trinajstić information content (AvgIpc) is 3.03. The van der Waals surface area contributed by atoms with Crippen LogP contribution in [0.15, 0.2) is 6.20 Å². The number of likely N-dealkylation sites (tertiary alicyclic amines) is 1. The van der Waals surface area contributed by atoms with Gasteiger partial charge in [0.2, 0.25) is 5.91 Å². The molecule has 9 heteroatoms. The fourth-order valence-corrected chi connectivity index (χ4v) is 4.44. The van der Waals surface area contributed by atoms with Gasteiger partial charge in [-0.3, -0.25) is 19.3 Å². The molecule has 1 aromatic heterocycles. The average molecular weight is 422 g/mol. The first kappa shape index (κ1) is 22.7. The molecule has 1 amide bonds. The van der Waals surface area contributed by atoms with E-state index in [0.717, 1.165) is 45.6 Å². The third-order valence-corrected chi connectivity index (χ3v) is 5.78. The van der Waals surface area contributed by atoms with E-state index in [-0.39, 0.29) is 18.1 Å². The van der Waals surface area contributed by atoms with Crippen molar-refractivity contribution in [3.63, 3.8) is 0 Å². The van der Waals surface area contributed by atoms with Crippen molar-refractivity contribution in [3.8, 4) is 0 Å². The number of carbonyl (C=O) groups is 2. The molecular weight excluding hydrogens is 386 g/mol. The van der Waals surface area contributed by atoms with E-state index in [2.05, 4.69) is 34.1 Å². The van der Waals surface area contributed by atoms with Crippen LogP contribution in [0.5, 0.6) is 0 Å². The molecule has 2 fully saturated rings. The van der Waals surface area contributed by atoms with Crippen molar-refractivity contribution in [1.29, 1.82) is 0 Å². The van der Waals surface area contributed by atoms with Crippen LogP contribution in [0.1, 0.15) is 44.0 Å². The number of rotatable bonds is 7. The van der Waals surface area contributed by atoms with Crippen LogP contribution in [0.4, 0.5) is 5.82 Å². The van der Waals surface area contributed by atoms with Gasteiger partial charge in [0.1, 0.15) is 11.4 Å². The Morgan fingerprint density at radius 3 is 2.50 bits per heavy atom. The summed E-state index contributed by atoms with van der Waals surface area (Å²) in [5.74, 6) is 0.421. The number of morpholine rings is 1. The number of aromatic nitrogens is 2. The van der Waals surface area contributed by atoms with Gasteiger partial charge in [-0.05, 0) is 52.6 Å². The van der Waals surface area contributed by atoms with Crippen LogP contribution in [-0.2, 0) is 21.3 Å². The fraction of sp³-hybridized carbons (Fsp3) is 0.762. The highest BCUT2D eigenvalue weighted by molar-refractivity contribution is 6.00. The molecule has 2 saturated heterocycles. The zero-order chi connectivity index (χ0) is 21.7. The topological polar surface area (TPSA) is 88.9 Å². The molecular formula is C21H35N5O4. The highest BCUT2D eigenvalue weighted by Crippen LogP contribution is 2.21. The minimum atomic E-state index is -0.478. The lowest BCUT2D eigenvalue weighted by atomic mass is 9.95. The molecule has 0 bridgehead atoms. The standard InChI is InChI=1S/C21H35N5O4/c1-5-29-21(28)18-10-22-24(4)20(18)23-19(27)14-25-8-6-17(7-9-25)13-26-11-15(2)30-16(3)12-26/h10,15-17H,5-9,11-14H2,1-4H3,(H,23,27). The van der Waals surface area contributed by atoms with Crippen molar-refractivity contribution in [3.05, 3.63) is 11.8 Å². The SMILES string of the molecule is CCOC(=O)c1cnn(C)c1NC(=O)CN1CCC(CN2CC(C)OC(C)C2)CC1. The minimum Gasteiger partial charge on any atom is -0.462 e. The molecule has 2 aliphatic heterocycles. The highest BCUT2D eigenvalue weighted by atomic mass is 16.5. The largest absolute Gasteiger partial charge is 0.462 e.